The molecule has 0 spiro atoms. The van der Waals surface area contributed by atoms with Gasteiger partial charge in [-0.25, -0.2) is 9.59 Å². The summed E-state index contributed by atoms with van der Waals surface area (Å²) in [6.45, 7) is 8.33. The summed E-state index contributed by atoms with van der Waals surface area (Å²) in [4.78, 5) is 40.2. The molecule has 1 atom stereocenters. The van der Waals surface area contributed by atoms with Gasteiger partial charge in [0.1, 0.15) is 6.61 Å². The topological polar surface area (TPSA) is 111 Å². The molecular weight excluding hydrogens is 570 g/mol. The van der Waals surface area contributed by atoms with Crippen molar-refractivity contribution in [2.75, 3.05) is 26.7 Å². The molecule has 1 heterocycles. The van der Waals surface area contributed by atoms with E-state index in [4.69, 9.17) is 9.47 Å². The molecule has 0 saturated carbocycles. The van der Waals surface area contributed by atoms with Crippen LogP contribution in [-0.2, 0) is 19.1 Å². The molecule has 1 unspecified atom stereocenters. The lowest BCUT2D eigenvalue weighted by Crippen LogP contribution is -2.34. The van der Waals surface area contributed by atoms with Gasteiger partial charge < -0.3 is 19.7 Å². The van der Waals surface area contributed by atoms with Crippen LogP contribution in [0, 0.1) is 10.1 Å². The molecule has 0 aliphatic carbocycles. The van der Waals surface area contributed by atoms with Crippen molar-refractivity contribution in [1.29, 1.82) is 0 Å². The molecule has 3 aromatic carbocycles. The summed E-state index contributed by atoms with van der Waals surface area (Å²) in [6, 6.07) is 26.8. The minimum absolute atomic E-state index is 0.129. The van der Waals surface area contributed by atoms with Gasteiger partial charge in [-0.2, -0.15) is 0 Å². The average molecular weight is 612 g/mol. The molecule has 1 N–H and O–H groups in total. The van der Waals surface area contributed by atoms with Gasteiger partial charge in [-0.1, -0.05) is 72.8 Å². The average Bonchev–Trinajstić information content (AvgIpc) is 3.01. The molecule has 9 heteroatoms. The Morgan fingerprint density at radius 1 is 0.867 bits per heavy atom. The number of nitrogens with one attached hydrogen (secondary N) is 1. The molecule has 0 radical (unpaired) electrons. The first-order valence-electron chi connectivity index (χ1n) is 15.2. The van der Waals surface area contributed by atoms with E-state index < -0.39 is 28.9 Å². The summed E-state index contributed by atoms with van der Waals surface area (Å²) in [5, 5.41) is 14.7. The van der Waals surface area contributed by atoms with Crippen LogP contribution in [-0.4, -0.2) is 54.6 Å². The van der Waals surface area contributed by atoms with Gasteiger partial charge in [-0.05, 0) is 64.4 Å². The van der Waals surface area contributed by atoms with E-state index >= 15 is 0 Å². The normalized spacial score (nSPS) is 15.0. The summed E-state index contributed by atoms with van der Waals surface area (Å²) < 4.78 is 11.3. The van der Waals surface area contributed by atoms with Gasteiger partial charge in [-0.15, -0.1) is 0 Å². The zero-order valence-electron chi connectivity index (χ0n) is 26.5. The molecule has 0 fully saturated rings. The Hall–Kier alpha value is -4.76. The maximum Gasteiger partial charge on any atom is 0.337 e. The van der Waals surface area contributed by atoms with Crippen LogP contribution in [0.3, 0.4) is 0 Å². The van der Waals surface area contributed by atoms with Crippen LogP contribution in [0.4, 0.5) is 5.69 Å². The van der Waals surface area contributed by atoms with Crippen molar-refractivity contribution in [3.63, 3.8) is 0 Å². The summed E-state index contributed by atoms with van der Waals surface area (Å²) in [5.74, 6) is -1.87. The number of likely N-dealkylation sites (N-methyl/N-ethyl adjacent to an activating group) is 1. The molecular formula is C36H41N3O6. The number of esters is 2. The number of ether oxygens (including phenoxy) is 2. The van der Waals surface area contributed by atoms with E-state index in [0.717, 1.165) is 13.0 Å². The third-order valence-corrected chi connectivity index (χ3v) is 7.87. The number of dihydropyridines is 1. The lowest BCUT2D eigenvalue weighted by atomic mass is 9.80. The van der Waals surface area contributed by atoms with Gasteiger partial charge >= 0.3 is 11.9 Å². The molecule has 236 valence electrons. The summed E-state index contributed by atoms with van der Waals surface area (Å²) in [6.07, 6.45) is 0.484. The number of hydrogen-bond acceptors (Lipinski definition) is 8. The number of nitrogens with zero attached hydrogens (tertiary/aromatic N) is 2. The molecule has 0 saturated heterocycles. The maximum absolute atomic E-state index is 13.7. The number of nitro groups is 1. The highest BCUT2D eigenvalue weighted by atomic mass is 16.6. The predicted octanol–water partition coefficient (Wildman–Crippen LogP) is 6.48. The molecule has 4 rings (SSSR count). The minimum atomic E-state index is -0.903. The number of carbonyl (C=O) groups is 2. The van der Waals surface area contributed by atoms with Crippen LogP contribution in [0.5, 0.6) is 0 Å². The third kappa shape index (κ3) is 8.45. The number of carbonyl (C=O) groups excluding carboxylic acids is 2. The molecule has 0 aromatic heterocycles. The Morgan fingerprint density at radius 2 is 1.44 bits per heavy atom. The Labute approximate surface area is 264 Å². The van der Waals surface area contributed by atoms with E-state index in [1.165, 1.54) is 23.3 Å². The van der Waals surface area contributed by atoms with Crippen LogP contribution in [0.25, 0.3) is 0 Å². The molecule has 9 nitrogen and oxygen atoms in total. The zero-order chi connectivity index (χ0) is 32.5. The first-order chi connectivity index (χ1) is 21.6. The number of allylic oxidation sites excluding steroid dienone is 2. The van der Waals surface area contributed by atoms with Gasteiger partial charge in [0, 0.05) is 36.0 Å². The van der Waals surface area contributed by atoms with Crippen molar-refractivity contribution in [3.8, 4) is 0 Å². The van der Waals surface area contributed by atoms with Crippen LogP contribution in [0.15, 0.2) is 107 Å². The van der Waals surface area contributed by atoms with Gasteiger partial charge in [0.2, 0.25) is 0 Å². The highest BCUT2D eigenvalue weighted by Gasteiger charge is 2.38. The Kier molecular flexibility index (Phi) is 11.3. The second-order valence-corrected chi connectivity index (χ2v) is 11.5. The molecule has 0 bridgehead atoms. The van der Waals surface area contributed by atoms with Gasteiger partial charge in [0.05, 0.1) is 28.1 Å². The number of rotatable bonds is 13. The van der Waals surface area contributed by atoms with Crippen molar-refractivity contribution >= 4 is 17.6 Å². The number of benzene rings is 3. The van der Waals surface area contributed by atoms with Crippen molar-refractivity contribution < 1.29 is 24.0 Å². The quantitative estimate of drug-likeness (QED) is 0.133. The number of hydrogen-bond donors (Lipinski definition) is 1. The van der Waals surface area contributed by atoms with Crippen LogP contribution < -0.4 is 5.32 Å². The van der Waals surface area contributed by atoms with E-state index in [0.29, 0.717) is 23.5 Å². The highest BCUT2D eigenvalue weighted by molar-refractivity contribution is 6.00. The number of non-ortho nitro benzene ring substituents is 1. The highest BCUT2D eigenvalue weighted by Crippen LogP contribution is 2.40. The monoisotopic (exact) mass is 611 g/mol. The molecule has 1 aliphatic rings. The lowest BCUT2D eigenvalue weighted by Gasteiger charge is -2.31. The van der Waals surface area contributed by atoms with E-state index in [2.05, 4.69) is 58.7 Å². The zero-order valence-corrected chi connectivity index (χ0v) is 26.5. The van der Waals surface area contributed by atoms with Gasteiger partial charge in [0.15, 0.2) is 0 Å². The first kappa shape index (κ1) is 33.1. The minimum Gasteiger partial charge on any atom is -0.461 e. The van der Waals surface area contributed by atoms with E-state index in [1.807, 2.05) is 19.2 Å². The molecule has 45 heavy (non-hydrogen) atoms. The van der Waals surface area contributed by atoms with Gasteiger partial charge in [0.25, 0.3) is 5.69 Å². The molecule has 3 aromatic rings. The standard InChI is InChI=1S/C36H41N3O6/c1-24(2)45-36(41)33-26(4)37-25(3)32(34(33)29-17-12-18-30(23-29)39(42)43)35(40)44-22-21-38(5)20-19-31(27-13-8-6-9-14-27)28-15-10-7-11-16-28/h6-18,23-24,31,34,37H,19-22H2,1-5H3. The Bertz CT molecular complexity index is 1530. The Balaban J connectivity index is 1.48. The molecule has 1 aliphatic heterocycles. The van der Waals surface area contributed by atoms with E-state index in [9.17, 15) is 19.7 Å². The Morgan fingerprint density at radius 3 is 2.00 bits per heavy atom. The van der Waals surface area contributed by atoms with Gasteiger partial charge in [-0.3, -0.25) is 10.1 Å². The summed E-state index contributed by atoms with van der Waals surface area (Å²) in [5.41, 5.74) is 4.23. The first-order valence-corrected chi connectivity index (χ1v) is 15.2. The lowest BCUT2D eigenvalue weighted by molar-refractivity contribution is -0.384. The fraction of sp³-hybridized carbons (Fsp3) is 0.333. The van der Waals surface area contributed by atoms with Crippen LogP contribution in [0.1, 0.15) is 62.6 Å². The fourth-order valence-corrected chi connectivity index (χ4v) is 5.69. The SMILES string of the molecule is CC1=C(C(=O)OCCN(C)CCC(c2ccccc2)c2ccccc2)C(c2cccc([N+](=O)[O-])c2)C(C(=O)OC(C)C)=C(C)N1. The van der Waals surface area contributed by atoms with Crippen molar-refractivity contribution in [2.45, 2.75) is 52.1 Å². The second kappa shape index (κ2) is 15.3. The van der Waals surface area contributed by atoms with Crippen LogP contribution in [0.2, 0.25) is 0 Å². The molecule has 0 amide bonds. The van der Waals surface area contributed by atoms with Crippen molar-refractivity contribution in [2.24, 2.45) is 0 Å². The van der Waals surface area contributed by atoms with E-state index in [1.54, 1.807) is 39.8 Å². The third-order valence-electron chi connectivity index (χ3n) is 7.87. The van der Waals surface area contributed by atoms with E-state index in [-0.39, 0.29) is 29.4 Å². The van der Waals surface area contributed by atoms with Crippen molar-refractivity contribution in [1.82, 2.24) is 10.2 Å². The summed E-state index contributed by atoms with van der Waals surface area (Å²) >= 11 is 0. The fourth-order valence-electron chi connectivity index (χ4n) is 5.69. The number of nitro benzene ring substituents is 1. The largest absolute Gasteiger partial charge is 0.461 e. The second-order valence-electron chi connectivity index (χ2n) is 11.5. The predicted molar refractivity (Wildman–Crippen MR) is 173 cm³/mol. The summed E-state index contributed by atoms with van der Waals surface area (Å²) in [7, 11) is 1.99. The smallest absolute Gasteiger partial charge is 0.337 e. The van der Waals surface area contributed by atoms with Crippen molar-refractivity contribution in [3.05, 3.63) is 134 Å². The van der Waals surface area contributed by atoms with Crippen LogP contribution >= 0.6 is 0 Å². The maximum atomic E-state index is 13.7.